The summed E-state index contributed by atoms with van der Waals surface area (Å²) in [5.41, 5.74) is 1.36. The molecule has 0 unspecified atom stereocenters. The zero-order valence-electron chi connectivity index (χ0n) is 14.4. The van der Waals surface area contributed by atoms with Crippen LogP contribution in [0.15, 0.2) is 48.5 Å². The molecule has 0 radical (unpaired) electrons. The lowest BCUT2D eigenvalue weighted by molar-refractivity contribution is -0.131. The number of anilines is 1. The number of benzene rings is 2. The molecule has 0 bridgehead atoms. The fraction of sp³-hybridized carbons (Fsp3) is 0.300. The lowest BCUT2D eigenvalue weighted by Gasteiger charge is -2.36. The van der Waals surface area contributed by atoms with Crippen LogP contribution in [0.25, 0.3) is 0 Å². The van der Waals surface area contributed by atoms with Crippen molar-refractivity contribution in [2.75, 3.05) is 31.1 Å². The van der Waals surface area contributed by atoms with Crippen LogP contribution in [0.2, 0.25) is 5.02 Å². The van der Waals surface area contributed by atoms with E-state index in [1.807, 2.05) is 12.1 Å². The first-order valence-electron chi connectivity index (χ1n) is 8.64. The minimum absolute atomic E-state index is 0.00996. The molecule has 0 atom stereocenters. The van der Waals surface area contributed by atoms with Crippen molar-refractivity contribution in [3.63, 3.8) is 0 Å². The van der Waals surface area contributed by atoms with Gasteiger partial charge in [0.15, 0.2) is 5.78 Å². The first-order chi connectivity index (χ1) is 12.5. The van der Waals surface area contributed by atoms with Crippen LogP contribution in [-0.2, 0) is 4.79 Å². The number of Topliss-reactive ketones (excluding diaryl/α,β-unsaturated/α-hetero) is 1. The van der Waals surface area contributed by atoms with E-state index in [2.05, 4.69) is 4.90 Å². The molecular weight excluding hydrogens is 352 g/mol. The molecule has 0 aliphatic carbocycles. The number of ketones is 1. The standard InChI is InChI=1S/C20H21ClN2O3/c21-16-7-5-15(6-8-16)18(24)9-10-20(26)23-13-11-22(12-14-23)17-3-1-2-4-19(17)25/h1-8,25H,9-14H2. The van der Waals surface area contributed by atoms with E-state index in [-0.39, 0.29) is 30.3 Å². The number of piperazine rings is 1. The number of phenols is 1. The van der Waals surface area contributed by atoms with Crippen molar-refractivity contribution in [3.8, 4) is 5.75 Å². The topological polar surface area (TPSA) is 60.9 Å². The van der Waals surface area contributed by atoms with Gasteiger partial charge in [0.25, 0.3) is 0 Å². The molecule has 3 rings (SSSR count). The molecule has 1 saturated heterocycles. The van der Waals surface area contributed by atoms with Gasteiger partial charge >= 0.3 is 0 Å². The largest absolute Gasteiger partial charge is 0.506 e. The van der Waals surface area contributed by atoms with E-state index in [0.717, 1.165) is 5.69 Å². The Morgan fingerprint density at radius 1 is 0.923 bits per heavy atom. The number of phenolic OH excluding ortho intramolecular Hbond substituents is 1. The fourth-order valence-electron chi connectivity index (χ4n) is 3.09. The van der Waals surface area contributed by atoms with E-state index in [1.54, 1.807) is 41.3 Å². The van der Waals surface area contributed by atoms with E-state index in [1.165, 1.54) is 0 Å². The van der Waals surface area contributed by atoms with Crippen LogP contribution >= 0.6 is 11.6 Å². The van der Waals surface area contributed by atoms with E-state index in [9.17, 15) is 14.7 Å². The molecule has 2 aromatic carbocycles. The third-order valence-electron chi connectivity index (χ3n) is 4.59. The summed E-state index contributed by atoms with van der Waals surface area (Å²) in [6.45, 7) is 2.49. The molecule has 1 heterocycles. The lowest BCUT2D eigenvalue weighted by atomic mass is 10.1. The van der Waals surface area contributed by atoms with E-state index in [0.29, 0.717) is 36.8 Å². The van der Waals surface area contributed by atoms with Gasteiger partial charge in [0.1, 0.15) is 5.75 Å². The van der Waals surface area contributed by atoms with Crippen LogP contribution in [0.5, 0.6) is 5.75 Å². The Morgan fingerprint density at radius 3 is 2.23 bits per heavy atom. The zero-order valence-corrected chi connectivity index (χ0v) is 15.2. The van der Waals surface area contributed by atoms with Gasteiger partial charge in [-0.25, -0.2) is 0 Å². The Hall–Kier alpha value is -2.53. The Morgan fingerprint density at radius 2 is 1.58 bits per heavy atom. The van der Waals surface area contributed by atoms with Crippen molar-refractivity contribution in [2.24, 2.45) is 0 Å². The molecule has 1 aliphatic heterocycles. The number of rotatable bonds is 5. The minimum atomic E-state index is -0.0529. The molecule has 1 fully saturated rings. The fourth-order valence-corrected chi connectivity index (χ4v) is 3.21. The predicted octanol–water partition coefficient (Wildman–Crippen LogP) is 3.36. The van der Waals surface area contributed by atoms with Crippen LogP contribution in [-0.4, -0.2) is 47.9 Å². The number of carbonyl (C=O) groups is 2. The van der Waals surface area contributed by atoms with Crippen molar-refractivity contribution < 1.29 is 14.7 Å². The number of carbonyl (C=O) groups excluding carboxylic acids is 2. The Kier molecular flexibility index (Phi) is 5.78. The lowest BCUT2D eigenvalue weighted by Crippen LogP contribution is -2.48. The van der Waals surface area contributed by atoms with Crippen LogP contribution in [0, 0.1) is 0 Å². The molecule has 1 aliphatic rings. The van der Waals surface area contributed by atoms with Gasteiger partial charge in [0, 0.05) is 49.6 Å². The normalized spacial score (nSPS) is 14.3. The molecule has 1 N–H and O–H groups in total. The second kappa shape index (κ2) is 8.23. The van der Waals surface area contributed by atoms with Gasteiger partial charge in [-0.1, -0.05) is 23.7 Å². The first kappa shape index (κ1) is 18.3. The average Bonchev–Trinajstić information content (AvgIpc) is 2.67. The minimum Gasteiger partial charge on any atom is -0.506 e. The summed E-state index contributed by atoms with van der Waals surface area (Å²) in [5.74, 6) is 0.188. The van der Waals surface area contributed by atoms with Gasteiger partial charge in [-0.05, 0) is 36.4 Å². The second-order valence-electron chi connectivity index (χ2n) is 6.29. The average molecular weight is 373 g/mol. The maximum Gasteiger partial charge on any atom is 0.223 e. The molecule has 1 amide bonds. The quantitative estimate of drug-likeness (QED) is 0.817. The highest BCUT2D eigenvalue weighted by atomic mass is 35.5. The van der Waals surface area contributed by atoms with Gasteiger partial charge in [-0.3, -0.25) is 9.59 Å². The van der Waals surface area contributed by atoms with Crippen molar-refractivity contribution in [1.82, 2.24) is 4.90 Å². The predicted molar refractivity (Wildman–Crippen MR) is 102 cm³/mol. The van der Waals surface area contributed by atoms with Gasteiger partial charge < -0.3 is 14.9 Å². The number of hydrogen-bond donors (Lipinski definition) is 1. The summed E-state index contributed by atoms with van der Waals surface area (Å²) < 4.78 is 0. The van der Waals surface area contributed by atoms with E-state index in [4.69, 9.17) is 11.6 Å². The highest BCUT2D eigenvalue weighted by Gasteiger charge is 2.23. The summed E-state index contributed by atoms with van der Waals surface area (Å²) in [6, 6.07) is 13.9. The number of hydrogen-bond acceptors (Lipinski definition) is 4. The summed E-state index contributed by atoms with van der Waals surface area (Å²) in [4.78, 5) is 28.4. The second-order valence-corrected chi connectivity index (χ2v) is 6.72. The van der Waals surface area contributed by atoms with Gasteiger partial charge in [0.05, 0.1) is 5.69 Å². The van der Waals surface area contributed by atoms with Crippen molar-refractivity contribution in [2.45, 2.75) is 12.8 Å². The Balaban J connectivity index is 1.48. The van der Waals surface area contributed by atoms with E-state index >= 15 is 0 Å². The summed E-state index contributed by atoms with van der Waals surface area (Å²) in [7, 11) is 0. The summed E-state index contributed by atoms with van der Waals surface area (Å²) >= 11 is 5.82. The molecule has 136 valence electrons. The molecule has 0 spiro atoms. The van der Waals surface area contributed by atoms with Crippen LogP contribution in [0.3, 0.4) is 0 Å². The molecule has 0 saturated carbocycles. The smallest absolute Gasteiger partial charge is 0.223 e. The summed E-state index contributed by atoms with van der Waals surface area (Å²) in [6.07, 6.45) is 0.401. The Bertz CT molecular complexity index is 784. The number of para-hydroxylation sites is 2. The molecule has 6 heteroatoms. The van der Waals surface area contributed by atoms with Crippen LogP contribution in [0.4, 0.5) is 5.69 Å². The highest BCUT2D eigenvalue weighted by molar-refractivity contribution is 6.30. The third-order valence-corrected chi connectivity index (χ3v) is 4.84. The van der Waals surface area contributed by atoms with Crippen LogP contribution < -0.4 is 4.90 Å². The van der Waals surface area contributed by atoms with E-state index < -0.39 is 0 Å². The number of aromatic hydroxyl groups is 1. The van der Waals surface area contributed by atoms with Gasteiger partial charge in [-0.15, -0.1) is 0 Å². The number of halogens is 1. The van der Waals surface area contributed by atoms with Crippen molar-refractivity contribution in [3.05, 3.63) is 59.1 Å². The first-order valence-corrected chi connectivity index (χ1v) is 9.02. The maximum absolute atomic E-state index is 12.4. The molecule has 2 aromatic rings. The Labute approximate surface area is 157 Å². The molecule has 0 aromatic heterocycles. The van der Waals surface area contributed by atoms with Gasteiger partial charge in [-0.2, -0.15) is 0 Å². The highest BCUT2D eigenvalue weighted by Crippen LogP contribution is 2.27. The summed E-state index contributed by atoms with van der Waals surface area (Å²) in [5, 5.41) is 10.5. The number of amides is 1. The maximum atomic E-state index is 12.4. The monoisotopic (exact) mass is 372 g/mol. The molecular formula is C20H21ClN2O3. The SMILES string of the molecule is O=C(CCC(=O)N1CCN(c2ccccc2O)CC1)c1ccc(Cl)cc1. The van der Waals surface area contributed by atoms with Crippen molar-refractivity contribution >= 4 is 29.0 Å². The van der Waals surface area contributed by atoms with Gasteiger partial charge in [0.2, 0.25) is 5.91 Å². The molecule has 26 heavy (non-hydrogen) atoms. The number of nitrogens with zero attached hydrogens (tertiary/aromatic N) is 2. The van der Waals surface area contributed by atoms with Crippen molar-refractivity contribution in [1.29, 1.82) is 0 Å². The third kappa shape index (κ3) is 4.35. The zero-order chi connectivity index (χ0) is 18.5. The molecule has 5 nitrogen and oxygen atoms in total. The van der Waals surface area contributed by atoms with Crippen LogP contribution in [0.1, 0.15) is 23.2 Å².